The maximum atomic E-state index is 12.1. The first-order chi connectivity index (χ1) is 16.6. The number of carboxylic acid groups (broad SMARTS) is 1. The number of hydrogen-bond acceptors (Lipinski definition) is 8. The molecular weight excluding hydrogens is 456 g/mol. The van der Waals surface area contributed by atoms with Gasteiger partial charge in [-0.05, 0) is 39.5 Å². The van der Waals surface area contributed by atoms with Crippen LogP contribution in [-0.2, 0) is 23.8 Å². The molecule has 0 aromatic heterocycles. The van der Waals surface area contributed by atoms with Crippen molar-refractivity contribution in [2.75, 3.05) is 13.2 Å². The lowest BCUT2D eigenvalue weighted by atomic mass is 9.85. The molecule has 35 heavy (non-hydrogen) atoms. The molecule has 0 amide bonds. The molecule has 9 heteroatoms. The van der Waals surface area contributed by atoms with Crippen LogP contribution in [0.4, 0.5) is 0 Å². The van der Waals surface area contributed by atoms with E-state index in [1.165, 1.54) is 6.08 Å². The lowest BCUT2D eigenvalue weighted by Crippen LogP contribution is -2.50. The van der Waals surface area contributed by atoms with Crippen LogP contribution in [0.2, 0.25) is 0 Å². The number of epoxide rings is 1. The number of carbonyl (C=O) groups excluding carboxylic acids is 1. The van der Waals surface area contributed by atoms with E-state index in [4.69, 9.17) is 19.3 Å². The molecule has 202 valence electrons. The summed E-state index contributed by atoms with van der Waals surface area (Å²) in [6, 6.07) is 0. The van der Waals surface area contributed by atoms with Gasteiger partial charge >= 0.3 is 11.9 Å². The van der Waals surface area contributed by atoms with Crippen LogP contribution in [0, 0.1) is 11.8 Å². The van der Waals surface area contributed by atoms with Crippen molar-refractivity contribution in [3.05, 3.63) is 11.6 Å². The molecule has 0 radical (unpaired) electrons. The Kier molecular flexibility index (Phi) is 12.6. The van der Waals surface area contributed by atoms with Crippen molar-refractivity contribution in [2.45, 2.75) is 115 Å². The van der Waals surface area contributed by atoms with E-state index in [1.54, 1.807) is 13.8 Å². The summed E-state index contributed by atoms with van der Waals surface area (Å²) in [6.07, 6.45) is 4.61. The fourth-order valence-corrected chi connectivity index (χ4v) is 4.59. The van der Waals surface area contributed by atoms with Crippen LogP contribution < -0.4 is 0 Å². The molecule has 8 atom stereocenters. The van der Waals surface area contributed by atoms with Crippen LogP contribution in [0.15, 0.2) is 11.6 Å². The van der Waals surface area contributed by atoms with Gasteiger partial charge in [0.2, 0.25) is 0 Å². The molecule has 9 nitrogen and oxygen atoms in total. The molecule has 0 aliphatic carbocycles. The van der Waals surface area contributed by atoms with Gasteiger partial charge in [0.25, 0.3) is 0 Å². The number of carbonyl (C=O) groups is 2. The number of aliphatic carboxylic acids is 1. The van der Waals surface area contributed by atoms with Gasteiger partial charge in [-0.1, -0.05) is 38.2 Å². The van der Waals surface area contributed by atoms with E-state index in [2.05, 4.69) is 0 Å². The largest absolute Gasteiger partial charge is 0.481 e. The quantitative estimate of drug-likeness (QED) is 0.109. The molecule has 0 spiro atoms. The van der Waals surface area contributed by atoms with E-state index in [1.807, 2.05) is 6.92 Å². The molecule has 4 N–H and O–H groups in total. The van der Waals surface area contributed by atoms with E-state index in [9.17, 15) is 24.9 Å². The fourth-order valence-electron chi connectivity index (χ4n) is 4.59. The van der Waals surface area contributed by atoms with Gasteiger partial charge in [0.15, 0.2) is 0 Å². The van der Waals surface area contributed by atoms with Gasteiger partial charge in [0.05, 0.1) is 43.7 Å². The zero-order chi connectivity index (χ0) is 26.0. The van der Waals surface area contributed by atoms with Crippen LogP contribution in [0.5, 0.6) is 0 Å². The van der Waals surface area contributed by atoms with Crippen LogP contribution >= 0.6 is 0 Å². The minimum Gasteiger partial charge on any atom is -0.481 e. The average molecular weight is 501 g/mol. The van der Waals surface area contributed by atoms with Gasteiger partial charge in [-0.15, -0.1) is 0 Å². The number of unbranched alkanes of at least 4 members (excludes halogenated alkanes) is 5. The van der Waals surface area contributed by atoms with Crippen LogP contribution in [0.25, 0.3) is 0 Å². The number of esters is 1. The Labute approximate surface area is 208 Å². The van der Waals surface area contributed by atoms with Crippen LogP contribution in [0.1, 0.15) is 78.6 Å². The lowest BCUT2D eigenvalue weighted by Gasteiger charge is -2.38. The third-order valence-electron chi connectivity index (χ3n) is 7.09. The summed E-state index contributed by atoms with van der Waals surface area (Å²) in [6.45, 7) is 6.07. The summed E-state index contributed by atoms with van der Waals surface area (Å²) in [5.74, 6) is -1.42. The summed E-state index contributed by atoms with van der Waals surface area (Å²) in [7, 11) is 0. The van der Waals surface area contributed by atoms with E-state index in [0.29, 0.717) is 38.0 Å². The first-order valence-electron chi connectivity index (χ1n) is 13.0. The first-order valence-corrected chi connectivity index (χ1v) is 13.0. The summed E-state index contributed by atoms with van der Waals surface area (Å²) < 4.78 is 16.7. The second kappa shape index (κ2) is 14.9. The van der Waals surface area contributed by atoms with Gasteiger partial charge < -0.3 is 34.6 Å². The molecule has 0 aromatic rings. The van der Waals surface area contributed by atoms with E-state index >= 15 is 0 Å². The Bertz CT molecular complexity index is 692. The monoisotopic (exact) mass is 500 g/mol. The van der Waals surface area contributed by atoms with E-state index in [-0.39, 0.29) is 30.5 Å². The maximum Gasteiger partial charge on any atom is 0.330 e. The molecule has 1 unspecified atom stereocenters. The molecule has 0 bridgehead atoms. The topological polar surface area (TPSA) is 146 Å². The van der Waals surface area contributed by atoms with Crippen molar-refractivity contribution < 1.29 is 44.2 Å². The fraction of sp³-hybridized carbons (Fsp3) is 0.846. The molecule has 2 aliphatic heterocycles. The zero-order valence-corrected chi connectivity index (χ0v) is 21.3. The highest BCUT2D eigenvalue weighted by Crippen LogP contribution is 2.38. The number of ether oxygens (including phenoxy) is 3. The maximum absolute atomic E-state index is 12.1. The molecule has 2 aliphatic rings. The molecule has 2 heterocycles. The molecule has 2 saturated heterocycles. The third-order valence-corrected chi connectivity index (χ3v) is 7.09. The Morgan fingerprint density at radius 1 is 1.03 bits per heavy atom. The number of rotatable bonds is 16. The van der Waals surface area contributed by atoms with Gasteiger partial charge in [0, 0.05) is 24.3 Å². The van der Waals surface area contributed by atoms with Crippen LogP contribution in [-0.4, -0.2) is 82.2 Å². The Balaban J connectivity index is 1.62. The summed E-state index contributed by atoms with van der Waals surface area (Å²) in [5, 5.41) is 39.5. The van der Waals surface area contributed by atoms with Crippen molar-refractivity contribution in [1.29, 1.82) is 0 Å². The SMILES string of the molecule is C/C(=C\C(=O)OCCCCCCCCC(=O)O)CC1OC[C@H](C[C@@H]2O[C@H]2[C@@H](C)[C@H](C)O)[C@@H](O)[C@H]1O. The summed E-state index contributed by atoms with van der Waals surface area (Å²) >= 11 is 0. The molecular formula is C26H44O9. The predicted octanol–water partition coefficient (Wildman–Crippen LogP) is 2.59. The predicted molar refractivity (Wildman–Crippen MR) is 129 cm³/mol. The summed E-state index contributed by atoms with van der Waals surface area (Å²) in [5.41, 5.74) is 0.708. The van der Waals surface area contributed by atoms with E-state index < -0.39 is 36.4 Å². The first kappa shape index (κ1) is 29.7. The molecule has 0 saturated carbocycles. The number of carboxylic acids is 1. The normalized spacial score (nSPS) is 30.5. The van der Waals surface area contributed by atoms with Gasteiger partial charge in [-0.2, -0.15) is 0 Å². The van der Waals surface area contributed by atoms with Gasteiger partial charge in [-0.3, -0.25) is 4.79 Å². The number of aliphatic hydroxyl groups is 3. The van der Waals surface area contributed by atoms with Crippen molar-refractivity contribution in [3.63, 3.8) is 0 Å². The average Bonchev–Trinajstić information content (AvgIpc) is 3.55. The van der Waals surface area contributed by atoms with E-state index in [0.717, 1.165) is 32.1 Å². The molecule has 2 fully saturated rings. The Hall–Kier alpha value is -1.52. The van der Waals surface area contributed by atoms with Crippen molar-refractivity contribution in [2.24, 2.45) is 11.8 Å². The van der Waals surface area contributed by atoms with Crippen molar-refractivity contribution >= 4 is 11.9 Å². The van der Waals surface area contributed by atoms with Crippen LogP contribution in [0.3, 0.4) is 0 Å². The minimum atomic E-state index is -1.06. The van der Waals surface area contributed by atoms with Gasteiger partial charge in [0.1, 0.15) is 6.10 Å². The zero-order valence-electron chi connectivity index (χ0n) is 21.3. The highest BCUT2D eigenvalue weighted by Gasteiger charge is 2.48. The lowest BCUT2D eigenvalue weighted by molar-refractivity contribution is -0.165. The van der Waals surface area contributed by atoms with Gasteiger partial charge in [-0.25, -0.2) is 4.79 Å². The highest BCUT2D eigenvalue weighted by molar-refractivity contribution is 5.82. The standard InChI is InChI=1S/C26H44O9/c1-16(13-23(30)33-11-9-7-5-4-6-8-10-22(28)29)12-20-25(32)24(31)19(15-34-20)14-21-26(35-21)17(2)18(3)27/h13,17-21,24-27,31-32H,4-12,14-15H2,1-3H3,(H,28,29)/b16-13+/t17-,18-,19-,20?,21-,24+,25-,26-/m0/s1. The Morgan fingerprint density at radius 2 is 1.69 bits per heavy atom. The second-order valence-electron chi connectivity index (χ2n) is 10.2. The number of aliphatic hydroxyl groups excluding tert-OH is 3. The summed E-state index contributed by atoms with van der Waals surface area (Å²) in [4.78, 5) is 22.5. The minimum absolute atomic E-state index is 0.0160. The number of hydrogen-bond donors (Lipinski definition) is 4. The van der Waals surface area contributed by atoms with Crippen molar-refractivity contribution in [1.82, 2.24) is 0 Å². The Morgan fingerprint density at radius 3 is 2.34 bits per heavy atom. The highest BCUT2D eigenvalue weighted by atomic mass is 16.6. The molecule has 0 aromatic carbocycles. The van der Waals surface area contributed by atoms with Crippen molar-refractivity contribution in [3.8, 4) is 0 Å². The third kappa shape index (κ3) is 10.6. The smallest absolute Gasteiger partial charge is 0.330 e. The second-order valence-corrected chi connectivity index (χ2v) is 10.2. The molecule has 2 rings (SSSR count).